The molecule has 1 aliphatic heterocycles. The Balaban J connectivity index is 1.86. The minimum absolute atomic E-state index is 0.601. The van der Waals surface area contributed by atoms with Gasteiger partial charge in [-0.2, -0.15) is 0 Å². The van der Waals surface area contributed by atoms with Gasteiger partial charge < -0.3 is 4.74 Å². The number of nitrogens with zero attached hydrogens (tertiary/aromatic N) is 1. The minimum atomic E-state index is 0.601. The number of pyridine rings is 1. The summed E-state index contributed by atoms with van der Waals surface area (Å²) in [5.74, 6) is 0.876. The van der Waals surface area contributed by atoms with E-state index < -0.39 is 0 Å². The second kappa shape index (κ2) is 4.31. The van der Waals surface area contributed by atoms with Crippen LogP contribution in [0.25, 0.3) is 32.9 Å². The van der Waals surface area contributed by atoms with E-state index in [9.17, 15) is 0 Å². The Morgan fingerprint density at radius 3 is 2.59 bits per heavy atom. The van der Waals surface area contributed by atoms with Gasteiger partial charge in [-0.15, -0.1) is 0 Å². The molecule has 0 aliphatic carbocycles. The van der Waals surface area contributed by atoms with Crippen LogP contribution in [0.4, 0.5) is 0 Å². The summed E-state index contributed by atoms with van der Waals surface area (Å²) in [7, 11) is 0. The predicted molar refractivity (Wildman–Crippen MR) is 89.0 cm³/mol. The summed E-state index contributed by atoms with van der Waals surface area (Å²) in [6, 6.07) is 23.0. The molecule has 2 nitrogen and oxygen atoms in total. The third kappa shape index (κ3) is 1.58. The predicted octanol–water partition coefficient (Wildman–Crippen LogP) is 4.95. The summed E-state index contributed by atoms with van der Waals surface area (Å²) in [5, 5.41) is 3.61. The molecule has 3 aromatic carbocycles. The zero-order valence-electron chi connectivity index (χ0n) is 11.9. The zero-order chi connectivity index (χ0) is 14.5. The van der Waals surface area contributed by atoms with Crippen LogP contribution in [-0.4, -0.2) is 4.98 Å². The lowest BCUT2D eigenvalue weighted by Crippen LogP contribution is -2.07. The molecule has 104 valence electrons. The van der Waals surface area contributed by atoms with Gasteiger partial charge in [0.2, 0.25) is 0 Å². The maximum Gasteiger partial charge on any atom is 0.146 e. The van der Waals surface area contributed by atoms with E-state index in [4.69, 9.17) is 9.72 Å². The molecule has 0 atom stereocenters. The van der Waals surface area contributed by atoms with E-state index in [1.807, 2.05) is 18.2 Å². The van der Waals surface area contributed by atoms with E-state index in [0.717, 1.165) is 22.3 Å². The van der Waals surface area contributed by atoms with Crippen LogP contribution in [0.1, 0.15) is 5.56 Å². The van der Waals surface area contributed by atoms with Gasteiger partial charge in [-0.05, 0) is 22.9 Å². The smallest absolute Gasteiger partial charge is 0.146 e. The fraction of sp³-hybridized carbons (Fsp3) is 0.0500. The van der Waals surface area contributed by atoms with E-state index in [1.54, 1.807) is 0 Å². The summed E-state index contributed by atoms with van der Waals surface area (Å²) >= 11 is 0. The molecule has 0 spiro atoms. The van der Waals surface area contributed by atoms with Gasteiger partial charge in [0.05, 0.1) is 5.52 Å². The van der Waals surface area contributed by atoms with Gasteiger partial charge in [0, 0.05) is 16.5 Å². The lowest BCUT2D eigenvalue weighted by Gasteiger charge is -2.22. The van der Waals surface area contributed by atoms with Crippen molar-refractivity contribution in [2.45, 2.75) is 6.61 Å². The van der Waals surface area contributed by atoms with Crippen molar-refractivity contribution >= 4 is 21.7 Å². The van der Waals surface area contributed by atoms with Crippen molar-refractivity contribution in [2.24, 2.45) is 0 Å². The molecule has 1 aromatic heterocycles. The average Bonchev–Trinajstić information content (AvgIpc) is 2.59. The highest BCUT2D eigenvalue weighted by atomic mass is 16.5. The Kier molecular flexibility index (Phi) is 2.30. The van der Waals surface area contributed by atoms with E-state index in [-0.39, 0.29) is 0 Å². The summed E-state index contributed by atoms with van der Waals surface area (Å²) in [4.78, 5) is 4.84. The first-order valence-corrected chi connectivity index (χ1v) is 7.44. The number of rotatable bonds is 0. The van der Waals surface area contributed by atoms with Crippen LogP contribution in [0.3, 0.4) is 0 Å². The van der Waals surface area contributed by atoms with Crippen LogP contribution in [0.15, 0.2) is 66.7 Å². The highest BCUT2D eigenvalue weighted by Crippen LogP contribution is 2.40. The van der Waals surface area contributed by atoms with Crippen LogP contribution < -0.4 is 4.74 Å². The van der Waals surface area contributed by atoms with Gasteiger partial charge in [-0.3, -0.25) is 0 Å². The van der Waals surface area contributed by atoms with Crippen molar-refractivity contribution < 1.29 is 4.74 Å². The Hall–Kier alpha value is -2.87. The highest BCUT2D eigenvalue weighted by Gasteiger charge is 2.21. The monoisotopic (exact) mass is 283 g/mol. The van der Waals surface area contributed by atoms with Gasteiger partial charge >= 0.3 is 0 Å². The van der Waals surface area contributed by atoms with Crippen LogP contribution in [0, 0.1) is 0 Å². The maximum absolute atomic E-state index is 6.00. The molecule has 0 N–H and O–H groups in total. The second-order valence-corrected chi connectivity index (χ2v) is 5.63. The molecular weight excluding hydrogens is 270 g/mol. The Bertz CT molecular complexity index is 1030. The van der Waals surface area contributed by atoms with E-state index in [2.05, 4.69) is 48.5 Å². The Morgan fingerprint density at radius 2 is 1.64 bits per heavy atom. The molecule has 0 fully saturated rings. The van der Waals surface area contributed by atoms with E-state index >= 15 is 0 Å². The largest absolute Gasteiger partial charge is 0.487 e. The van der Waals surface area contributed by atoms with Gasteiger partial charge in [0.1, 0.15) is 18.1 Å². The highest BCUT2D eigenvalue weighted by molar-refractivity contribution is 5.94. The quantitative estimate of drug-likeness (QED) is 0.455. The number of fused-ring (bicyclic) bond motifs is 6. The number of benzene rings is 3. The standard InChI is InChI=1S/C20H13NO/c1-3-7-15-13(5-1)9-10-16-17(15)12-22-19-11-14-6-2-4-8-18(14)21-20(16)19/h1-11H,12H2. The van der Waals surface area contributed by atoms with Gasteiger partial charge in [-0.1, -0.05) is 54.6 Å². The third-order valence-electron chi connectivity index (χ3n) is 4.36. The van der Waals surface area contributed by atoms with Gasteiger partial charge in [0.15, 0.2) is 0 Å². The average molecular weight is 283 g/mol. The van der Waals surface area contributed by atoms with Crippen molar-refractivity contribution in [3.8, 4) is 17.0 Å². The molecule has 5 rings (SSSR count). The van der Waals surface area contributed by atoms with E-state index in [0.29, 0.717) is 6.61 Å². The molecule has 0 amide bonds. The summed E-state index contributed by atoms with van der Waals surface area (Å²) < 4.78 is 6.00. The van der Waals surface area contributed by atoms with Crippen molar-refractivity contribution in [3.05, 3.63) is 72.3 Å². The summed E-state index contributed by atoms with van der Waals surface area (Å²) in [6.07, 6.45) is 0. The van der Waals surface area contributed by atoms with Gasteiger partial charge in [0.25, 0.3) is 0 Å². The lowest BCUT2D eigenvalue weighted by molar-refractivity contribution is 0.303. The SMILES string of the molecule is c1ccc2nc3c(cc2c1)OCc1c-3ccc2ccccc12. The third-order valence-corrected chi connectivity index (χ3v) is 4.36. The van der Waals surface area contributed by atoms with Crippen molar-refractivity contribution in [1.82, 2.24) is 4.98 Å². The first kappa shape index (κ1) is 11.8. The molecular formula is C20H13NO. The minimum Gasteiger partial charge on any atom is -0.487 e. The van der Waals surface area contributed by atoms with Crippen LogP contribution in [0.2, 0.25) is 0 Å². The van der Waals surface area contributed by atoms with E-state index in [1.165, 1.54) is 21.9 Å². The number of aromatic nitrogens is 1. The van der Waals surface area contributed by atoms with Crippen LogP contribution in [-0.2, 0) is 6.61 Å². The number of para-hydroxylation sites is 1. The summed E-state index contributed by atoms with van der Waals surface area (Å²) in [5.41, 5.74) is 4.37. The molecule has 0 unspecified atom stereocenters. The molecule has 0 bridgehead atoms. The van der Waals surface area contributed by atoms with Crippen molar-refractivity contribution in [1.29, 1.82) is 0 Å². The zero-order valence-corrected chi connectivity index (χ0v) is 11.9. The lowest BCUT2D eigenvalue weighted by atomic mass is 9.95. The fourth-order valence-corrected chi connectivity index (χ4v) is 3.26. The number of hydrogen-bond donors (Lipinski definition) is 0. The second-order valence-electron chi connectivity index (χ2n) is 5.63. The molecule has 2 heterocycles. The normalized spacial score (nSPS) is 12.7. The first-order valence-electron chi connectivity index (χ1n) is 7.44. The van der Waals surface area contributed by atoms with Crippen LogP contribution >= 0.6 is 0 Å². The van der Waals surface area contributed by atoms with Crippen molar-refractivity contribution in [2.75, 3.05) is 0 Å². The molecule has 2 heteroatoms. The van der Waals surface area contributed by atoms with Gasteiger partial charge in [-0.25, -0.2) is 4.98 Å². The number of hydrogen-bond acceptors (Lipinski definition) is 2. The maximum atomic E-state index is 6.00. The summed E-state index contributed by atoms with van der Waals surface area (Å²) in [6.45, 7) is 0.601. The van der Waals surface area contributed by atoms with Crippen LogP contribution in [0.5, 0.6) is 5.75 Å². The first-order chi connectivity index (χ1) is 10.9. The molecule has 0 radical (unpaired) electrons. The molecule has 0 saturated carbocycles. The molecule has 22 heavy (non-hydrogen) atoms. The molecule has 4 aromatic rings. The Morgan fingerprint density at radius 1 is 0.818 bits per heavy atom. The molecule has 0 saturated heterocycles. The number of ether oxygens (including phenoxy) is 1. The fourth-order valence-electron chi connectivity index (χ4n) is 3.26. The van der Waals surface area contributed by atoms with Crippen molar-refractivity contribution in [3.63, 3.8) is 0 Å². The molecule has 1 aliphatic rings. The Labute approximate surface area is 128 Å². The topological polar surface area (TPSA) is 22.1 Å².